The van der Waals surface area contributed by atoms with E-state index in [4.69, 9.17) is 9.84 Å². The Morgan fingerprint density at radius 3 is 3.26 bits per heavy atom. The first-order valence-electron chi connectivity index (χ1n) is 6.16. The lowest BCUT2D eigenvalue weighted by atomic mass is 9.96. The van der Waals surface area contributed by atoms with Gasteiger partial charge in [-0.05, 0) is 24.5 Å². The maximum Gasteiger partial charge on any atom is 0.506 e. The van der Waals surface area contributed by atoms with Gasteiger partial charge in [-0.15, -0.1) is 11.3 Å². The number of imidazole rings is 1. The molecular formula is C13H14N2O3S. The third-order valence-electron chi connectivity index (χ3n) is 3.26. The predicted octanol–water partition coefficient (Wildman–Crippen LogP) is 2.54. The number of carbonyl (C=O) groups is 1. The summed E-state index contributed by atoms with van der Waals surface area (Å²) in [5.41, 5.74) is 1.34. The van der Waals surface area contributed by atoms with Gasteiger partial charge in [0.15, 0.2) is 0 Å². The number of aromatic nitrogens is 2. The molecule has 2 heterocycles. The third-order valence-corrected chi connectivity index (χ3v) is 4.45. The summed E-state index contributed by atoms with van der Waals surface area (Å²) in [5, 5.41) is 8.66. The number of aryl methyl sites for hydroxylation is 1. The van der Waals surface area contributed by atoms with Gasteiger partial charge < -0.3 is 14.4 Å². The number of hydrogen-bond acceptors (Lipinski definition) is 4. The minimum absolute atomic E-state index is 0.190. The molecule has 1 unspecified atom stereocenters. The fourth-order valence-corrected chi connectivity index (χ4v) is 3.71. The summed E-state index contributed by atoms with van der Waals surface area (Å²) < 4.78 is 6.90. The van der Waals surface area contributed by atoms with Gasteiger partial charge in [-0.3, -0.25) is 0 Å². The minimum atomic E-state index is -1.18. The highest BCUT2D eigenvalue weighted by Gasteiger charge is 2.23. The lowest BCUT2D eigenvalue weighted by Crippen LogP contribution is -2.23. The molecule has 1 atom stereocenters. The molecule has 1 N–H and O–H groups in total. The molecule has 0 radical (unpaired) electrons. The van der Waals surface area contributed by atoms with E-state index in [1.54, 1.807) is 23.9 Å². The summed E-state index contributed by atoms with van der Waals surface area (Å²) >= 11 is 1.74. The average Bonchev–Trinajstić information content (AvgIpc) is 2.97. The molecule has 19 heavy (non-hydrogen) atoms. The van der Waals surface area contributed by atoms with Gasteiger partial charge in [0.1, 0.15) is 6.10 Å². The highest BCUT2D eigenvalue weighted by atomic mass is 32.1. The van der Waals surface area contributed by atoms with Crippen LogP contribution in [0.1, 0.15) is 21.7 Å². The summed E-state index contributed by atoms with van der Waals surface area (Å²) in [7, 11) is 0. The van der Waals surface area contributed by atoms with Crippen LogP contribution in [0.3, 0.4) is 0 Å². The lowest BCUT2D eigenvalue weighted by molar-refractivity contribution is 0.0466. The fraction of sp³-hybridized carbons (Fsp3) is 0.385. The molecule has 0 bridgehead atoms. The van der Waals surface area contributed by atoms with Crippen LogP contribution in [0.2, 0.25) is 0 Å². The van der Waals surface area contributed by atoms with E-state index in [9.17, 15) is 4.79 Å². The van der Waals surface area contributed by atoms with E-state index < -0.39 is 6.16 Å². The quantitative estimate of drug-likeness (QED) is 0.876. The second-order valence-corrected chi connectivity index (χ2v) is 5.87. The molecule has 0 fully saturated rings. The first-order valence-corrected chi connectivity index (χ1v) is 6.98. The number of thiophene rings is 1. The highest BCUT2D eigenvalue weighted by molar-refractivity contribution is 7.12. The van der Waals surface area contributed by atoms with Crippen molar-refractivity contribution < 1.29 is 14.6 Å². The van der Waals surface area contributed by atoms with Gasteiger partial charge in [-0.1, -0.05) is 0 Å². The smallest absolute Gasteiger partial charge is 0.450 e. The zero-order valence-corrected chi connectivity index (χ0v) is 11.1. The largest absolute Gasteiger partial charge is 0.506 e. The zero-order chi connectivity index (χ0) is 13.2. The fourth-order valence-electron chi connectivity index (χ4n) is 2.42. The molecule has 3 rings (SSSR count). The Labute approximate surface area is 114 Å². The van der Waals surface area contributed by atoms with Crippen LogP contribution in [0.25, 0.3) is 0 Å². The van der Waals surface area contributed by atoms with Crippen molar-refractivity contribution in [2.45, 2.75) is 31.9 Å². The number of rotatable bonds is 3. The first-order chi connectivity index (χ1) is 9.20. The second kappa shape index (κ2) is 5.05. The molecule has 1 aliphatic rings. The monoisotopic (exact) mass is 278 g/mol. The molecule has 2 aromatic rings. The number of carboxylic acid groups (broad SMARTS) is 1. The van der Waals surface area contributed by atoms with Gasteiger partial charge in [-0.2, -0.15) is 0 Å². The molecule has 5 nitrogen and oxygen atoms in total. The van der Waals surface area contributed by atoms with Crippen molar-refractivity contribution in [2.24, 2.45) is 0 Å². The van der Waals surface area contributed by atoms with Crippen molar-refractivity contribution in [3.63, 3.8) is 0 Å². The van der Waals surface area contributed by atoms with E-state index in [1.807, 2.05) is 10.8 Å². The van der Waals surface area contributed by atoms with Crippen molar-refractivity contribution in [1.82, 2.24) is 9.55 Å². The highest BCUT2D eigenvalue weighted by Crippen LogP contribution is 2.31. The van der Waals surface area contributed by atoms with Crippen LogP contribution in [-0.2, 0) is 24.1 Å². The molecule has 2 aromatic heterocycles. The van der Waals surface area contributed by atoms with Crippen LogP contribution < -0.4 is 0 Å². The van der Waals surface area contributed by atoms with Crippen molar-refractivity contribution in [2.75, 3.05) is 0 Å². The van der Waals surface area contributed by atoms with Crippen LogP contribution in [0, 0.1) is 0 Å². The minimum Gasteiger partial charge on any atom is -0.450 e. The normalized spacial score (nSPS) is 18.0. The van der Waals surface area contributed by atoms with Gasteiger partial charge in [0, 0.05) is 28.6 Å². The van der Waals surface area contributed by atoms with Crippen molar-refractivity contribution in [1.29, 1.82) is 0 Å². The summed E-state index contributed by atoms with van der Waals surface area (Å²) in [6.45, 7) is 0.822. The molecule has 0 aromatic carbocycles. The predicted molar refractivity (Wildman–Crippen MR) is 70.6 cm³/mol. The molecule has 0 aliphatic heterocycles. The van der Waals surface area contributed by atoms with E-state index in [1.165, 1.54) is 15.3 Å². The van der Waals surface area contributed by atoms with Gasteiger partial charge in [0.05, 0.1) is 12.9 Å². The molecule has 100 valence electrons. The van der Waals surface area contributed by atoms with Crippen LogP contribution in [0.4, 0.5) is 4.79 Å². The molecule has 0 amide bonds. The van der Waals surface area contributed by atoms with Gasteiger partial charge >= 0.3 is 6.16 Å². The standard InChI is InChI=1S/C13H14N2O3S/c16-13(17)18-10-2-1-9-5-11(19-12(9)6-10)7-15-4-3-14-8-15/h3-5,8,10H,1-2,6-7H2,(H,16,17). The average molecular weight is 278 g/mol. The Bertz CT molecular complexity index is 577. The molecule has 0 spiro atoms. The number of hydrogen-bond donors (Lipinski definition) is 1. The van der Waals surface area contributed by atoms with Gasteiger partial charge in [0.25, 0.3) is 0 Å². The summed E-state index contributed by atoms with van der Waals surface area (Å²) in [5.74, 6) is 0. The van der Waals surface area contributed by atoms with E-state index >= 15 is 0 Å². The Morgan fingerprint density at radius 2 is 2.53 bits per heavy atom. The summed E-state index contributed by atoms with van der Waals surface area (Å²) in [6, 6.07) is 2.22. The Hall–Kier alpha value is -1.82. The first kappa shape index (κ1) is 12.2. The van der Waals surface area contributed by atoms with Gasteiger partial charge in [0.2, 0.25) is 0 Å². The summed E-state index contributed by atoms with van der Waals surface area (Å²) in [4.78, 5) is 17.1. The molecule has 0 saturated heterocycles. The van der Waals surface area contributed by atoms with E-state index in [-0.39, 0.29) is 6.10 Å². The number of nitrogens with zero attached hydrogens (tertiary/aromatic N) is 2. The Balaban J connectivity index is 1.71. The van der Waals surface area contributed by atoms with Crippen LogP contribution in [-0.4, -0.2) is 26.9 Å². The molecule has 1 aliphatic carbocycles. The molecule has 0 saturated carbocycles. The zero-order valence-electron chi connectivity index (χ0n) is 10.3. The van der Waals surface area contributed by atoms with Crippen molar-refractivity contribution in [3.8, 4) is 0 Å². The number of ether oxygens (including phenoxy) is 1. The molecular weight excluding hydrogens is 264 g/mol. The summed E-state index contributed by atoms with van der Waals surface area (Å²) in [6.07, 6.45) is 6.52. The number of fused-ring (bicyclic) bond motifs is 1. The Kier molecular flexibility index (Phi) is 3.25. The maximum atomic E-state index is 10.6. The van der Waals surface area contributed by atoms with E-state index in [0.29, 0.717) is 6.42 Å². The topological polar surface area (TPSA) is 64.3 Å². The molecule has 6 heteroatoms. The SMILES string of the molecule is O=C(O)OC1CCc2cc(Cn3ccnc3)sc2C1. The van der Waals surface area contributed by atoms with Crippen molar-refractivity contribution in [3.05, 3.63) is 40.1 Å². The third kappa shape index (κ3) is 2.78. The van der Waals surface area contributed by atoms with E-state index in [2.05, 4.69) is 11.1 Å². The maximum absolute atomic E-state index is 10.6. The van der Waals surface area contributed by atoms with Gasteiger partial charge in [-0.25, -0.2) is 9.78 Å². The van der Waals surface area contributed by atoms with Crippen LogP contribution in [0.15, 0.2) is 24.8 Å². The van der Waals surface area contributed by atoms with E-state index in [0.717, 1.165) is 19.4 Å². The lowest BCUT2D eigenvalue weighted by Gasteiger charge is -2.20. The second-order valence-electron chi connectivity index (χ2n) is 4.64. The van der Waals surface area contributed by atoms with Crippen molar-refractivity contribution >= 4 is 17.5 Å². The van der Waals surface area contributed by atoms with Crippen LogP contribution in [0.5, 0.6) is 0 Å². The van der Waals surface area contributed by atoms with Crippen LogP contribution >= 0.6 is 11.3 Å². The Morgan fingerprint density at radius 1 is 1.63 bits per heavy atom.